The Hall–Kier alpha value is 0.0700. The minimum atomic E-state index is -0.766. The maximum atomic E-state index is 11.5. The quantitative estimate of drug-likeness (QED) is 0.717. The highest BCUT2D eigenvalue weighted by Gasteiger charge is 2.17. The highest BCUT2D eigenvalue weighted by Crippen LogP contribution is 2.15. The number of rotatable bonds is 5. The van der Waals surface area contributed by atoms with Crippen LogP contribution >= 0.6 is 0 Å². The van der Waals surface area contributed by atoms with Crippen molar-refractivity contribution in [2.24, 2.45) is 5.73 Å². The summed E-state index contributed by atoms with van der Waals surface area (Å²) in [5.74, 6) is 0.739. The summed E-state index contributed by atoms with van der Waals surface area (Å²) in [5.41, 5.74) is 5.43. The van der Waals surface area contributed by atoms with Crippen molar-refractivity contribution in [3.63, 3.8) is 0 Å². The molecule has 1 heterocycles. The molecule has 3 atom stereocenters. The van der Waals surface area contributed by atoms with E-state index in [0.717, 1.165) is 31.6 Å². The SMILES string of the molecule is CC(CN)S(=O)CCC1CCCO1. The van der Waals surface area contributed by atoms with Gasteiger partial charge in [-0.15, -0.1) is 0 Å². The third kappa shape index (κ3) is 3.75. The molecular weight excluding hydrogens is 186 g/mol. The second-order valence-corrected chi connectivity index (χ2v) is 5.53. The molecular formula is C9H19NO2S. The first kappa shape index (κ1) is 11.1. The van der Waals surface area contributed by atoms with Crippen molar-refractivity contribution in [3.05, 3.63) is 0 Å². The summed E-state index contributed by atoms with van der Waals surface area (Å²) in [6, 6.07) is 0. The van der Waals surface area contributed by atoms with Gasteiger partial charge in [0.1, 0.15) is 0 Å². The number of ether oxygens (including phenoxy) is 1. The van der Waals surface area contributed by atoms with Crippen LogP contribution < -0.4 is 5.73 Å². The fraction of sp³-hybridized carbons (Fsp3) is 1.00. The van der Waals surface area contributed by atoms with Crippen LogP contribution in [0.2, 0.25) is 0 Å². The second kappa shape index (κ2) is 5.73. The Labute approximate surface area is 82.5 Å². The number of hydrogen-bond acceptors (Lipinski definition) is 3. The van der Waals surface area contributed by atoms with Crippen LogP contribution in [-0.2, 0) is 15.5 Å². The first-order valence-electron chi connectivity index (χ1n) is 4.93. The Morgan fingerprint density at radius 2 is 2.46 bits per heavy atom. The van der Waals surface area contributed by atoms with Gasteiger partial charge in [0.05, 0.1) is 6.10 Å². The molecule has 1 fully saturated rings. The Balaban J connectivity index is 2.13. The van der Waals surface area contributed by atoms with Gasteiger partial charge in [0.25, 0.3) is 0 Å². The van der Waals surface area contributed by atoms with E-state index in [-0.39, 0.29) is 5.25 Å². The molecule has 1 aliphatic rings. The van der Waals surface area contributed by atoms with Crippen molar-refractivity contribution < 1.29 is 8.95 Å². The van der Waals surface area contributed by atoms with E-state index in [9.17, 15) is 4.21 Å². The Morgan fingerprint density at radius 1 is 1.69 bits per heavy atom. The van der Waals surface area contributed by atoms with Gasteiger partial charge in [0, 0.05) is 35.0 Å². The Morgan fingerprint density at radius 3 is 3.00 bits per heavy atom. The minimum Gasteiger partial charge on any atom is -0.378 e. The van der Waals surface area contributed by atoms with E-state index in [1.54, 1.807) is 0 Å². The van der Waals surface area contributed by atoms with Gasteiger partial charge >= 0.3 is 0 Å². The molecule has 0 saturated carbocycles. The lowest BCUT2D eigenvalue weighted by Gasteiger charge is -2.11. The van der Waals surface area contributed by atoms with E-state index < -0.39 is 10.8 Å². The van der Waals surface area contributed by atoms with Crippen molar-refractivity contribution in [3.8, 4) is 0 Å². The van der Waals surface area contributed by atoms with E-state index >= 15 is 0 Å². The van der Waals surface area contributed by atoms with Crippen molar-refractivity contribution in [2.75, 3.05) is 18.9 Å². The third-order valence-electron chi connectivity index (χ3n) is 2.45. The van der Waals surface area contributed by atoms with Crippen LogP contribution in [-0.4, -0.2) is 34.5 Å². The predicted molar refractivity (Wildman–Crippen MR) is 55.1 cm³/mol. The minimum absolute atomic E-state index is 0.126. The average molecular weight is 205 g/mol. The van der Waals surface area contributed by atoms with Gasteiger partial charge in [0.2, 0.25) is 0 Å². The third-order valence-corrected chi connectivity index (χ3v) is 4.17. The molecule has 0 spiro atoms. The molecule has 0 aromatic carbocycles. The second-order valence-electron chi connectivity index (χ2n) is 3.55. The summed E-state index contributed by atoms with van der Waals surface area (Å²) in [6.07, 6.45) is 3.57. The lowest BCUT2D eigenvalue weighted by molar-refractivity contribution is 0.109. The topological polar surface area (TPSA) is 52.3 Å². The first-order valence-corrected chi connectivity index (χ1v) is 6.31. The van der Waals surface area contributed by atoms with Gasteiger partial charge < -0.3 is 10.5 Å². The normalized spacial score (nSPS) is 27.4. The molecule has 1 saturated heterocycles. The van der Waals surface area contributed by atoms with Crippen molar-refractivity contribution in [2.45, 2.75) is 37.5 Å². The molecule has 2 N–H and O–H groups in total. The zero-order valence-electron chi connectivity index (χ0n) is 8.20. The van der Waals surface area contributed by atoms with Gasteiger partial charge in [-0.25, -0.2) is 0 Å². The first-order chi connectivity index (χ1) is 6.24. The van der Waals surface area contributed by atoms with E-state index in [4.69, 9.17) is 10.5 Å². The molecule has 3 unspecified atom stereocenters. The van der Waals surface area contributed by atoms with Crippen LogP contribution in [0.1, 0.15) is 26.2 Å². The standard InChI is InChI=1S/C9H19NO2S/c1-8(7-10)13(11)6-4-9-3-2-5-12-9/h8-9H,2-7,10H2,1H3. The highest BCUT2D eigenvalue weighted by molar-refractivity contribution is 7.85. The van der Waals surface area contributed by atoms with Gasteiger partial charge in [0.15, 0.2) is 0 Å². The summed E-state index contributed by atoms with van der Waals surface area (Å²) < 4.78 is 17.0. The molecule has 0 bridgehead atoms. The molecule has 0 radical (unpaired) electrons. The maximum Gasteiger partial charge on any atom is 0.0584 e. The van der Waals surface area contributed by atoms with Crippen molar-refractivity contribution >= 4 is 10.8 Å². The van der Waals surface area contributed by atoms with Gasteiger partial charge in [-0.3, -0.25) is 4.21 Å². The van der Waals surface area contributed by atoms with Gasteiger partial charge in [-0.05, 0) is 26.2 Å². The van der Waals surface area contributed by atoms with Gasteiger partial charge in [-0.2, -0.15) is 0 Å². The lowest BCUT2D eigenvalue weighted by Crippen LogP contribution is -2.25. The molecule has 1 rings (SSSR count). The molecule has 13 heavy (non-hydrogen) atoms. The van der Waals surface area contributed by atoms with E-state index in [2.05, 4.69) is 0 Å². The summed E-state index contributed by atoms with van der Waals surface area (Å²) in [4.78, 5) is 0. The fourth-order valence-electron chi connectivity index (χ4n) is 1.43. The number of hydrogen-bond donors (Lipinski definition) is 1. The molecule has 4 heteroatoms. The van der Waals surface area contributed by atoms with Crippen LogP contribution in [0, 0.1) is 0 Å². The largest absolute Gasteiger partial charge is 0.378 e. The van der Waals surface area contributed by atoms with Crippen LogP contribution in [0.15, 0.2) is 0 Å². The number of nitrogens with two attached hydrogens (primary N) is 1. The van der Waals surface area contributed by atoms with Gasteiger partial charge in [-0.1, -0.05) is 0 Å². The molecule has 0 aliphatic carbocycles. The van der Waals surface area contributed by atoms with Crippen LogP contribution in [0.25, 0.3) is 0 Å². The van der Waals surface area contributed by atoms with Crippen LogP contribution in [0.4, 0.5) is 0 Å². The zero-order chi connectivity index (χ0) is 9.68. The summed E-state index contributed by atoms with van der Waals surface area (Å²) in [6.45, 7) is 3.33. The predicted octanol–water partition coefficient (Wildman–Crippen LogP) is 0.651. The van der Waals surface area contributed by atoms with Crippen LogP contribution in [0.5, 0.6) is 0 Å². The van der Waals surface area contributed by atoms with E-state index in [1.807, 2.05) is 6.92 Å². The van der Waals surface area contributed by atoms with Crippen LogP contribution in [0.3, 0.4) is 0 Å². The molecule has 1 aliphatic heterocycles. The van der Waals surface area contributed by atoms with Crippen molar-refractivity contribution in [1.82, 2.24) is 0 Å². The zero-order valence-corrected chi connectivity index (χ0v) is 9.02. The Bertz CT molecular complexity index is 169. The molecule has 0 amide bonds. The highest BCUT2D eigenvalue weighted by atomic mass is 32.2. The van der Waals surface area contributed by atoms with Crippen molar-refractivity contribution in [1.29, 1.82) is 0 Å². The average Bonchev–Trinajstić information content (AvgIpc) is 2.65. The van der Waals surface area contributed by atoms with E-state index in [1.165, 1.54) is 0 Å². The molecule has 0 aromatic heterocycles. The van der Waals surface area contributed by atoms with E-state index in [0.29, 0.717) is 12.6 Å². The summed E-state index contributed by atoms with van der Waals surface area (Å²) in [5, 5.41) is 0.126. The smallest absolute Gasteiger partial charge is 0.0584 e. The molecule has 78 valence electrons. The monoisotopic (exact) mass is 205 g/mol. The molecule has 3 nitrogen and oxygen atoms in total. The lowest BCUT2D eigenvalue weighted by atomic mass is 10.2. The summed E-state index contributed by atoms with van der Waals surface area (Å²) >= 11 is 0. The summed E-state index contributed by atoms with van der Waals surface area (Å²) in [7, 11) is -0.766. The fourth-order valence-corrected chi connectivity index (χ4v) is 2.54. The maximum absolute atomic E-state index is 11.5. The molecule has 0 aromatic rings. The Kier molecular flexibility index (Phi) is 4.91.